The fraction of sp³-hybridized carbons (Fsp3) is 0.333. The molecule has 1 aromatic rings. The van der Waals surface area contributed by atoms with Crippen molar-refractivity contribution in [2.75, 3.05) is 6.61 Å². The molecule has 0 saturated carbocycles. The second kappa shape index (κ2) is 9.58. The zero-order valence-electron chi connectivity index (χ0n) is 13.4. The molecular weight excluding hydrogens is 296 g/mol. The van der Waals surface area contributed by atoms with E-state index in [1.807, 2.05) is 30.3 Å². The van der Waals surface area contributed by atoms with Crippen LogP contribution >= 0.6 is 0 Å². The molecule has 124 valence electrons. The van der Waals surface area contributed by atoms with Crippen molar-refractivity contribution in [3.05, 3.63) is 59.2 Å². The van der Waals surface area contributed by atoms with Gasteiger partial charge in [-0.3, -0.25) is 0 Å². The Morgan fingerprint density at radius 3 is 2.26 bits per heavy atom. The minimum atomic E-state index is -0.989. The normalized spacial score (nSPS) is 13.7. The molecule has 0 heterocycles. The van der Waals surface area contributed by atoms with E-state index in [1.54, 1.807) is 12.2 Å². The van der Waals surface area contributed by atoms with Gasteiger partial charge in [0.15, 0.2) is 0 Å². The Bertz CT molecular complexity index is 587. The highest BCUT2D eigenvalue weighted by Crippen LogP contribution is 2.13. The summed E-state index contributed by atoms with van der Waals surface area (Å²) in [5.74, 6) is -2.16. The van der Waals surface area contributed by atoms with Gasteiger partial charge in [-0.2, -0.15) is 0 Å². The summed E-state index contributed by atoms with van der Waals surface area (Å²) >= 11 is 0. The largest absolute Gasteiger partial charge is 0.478 e. The molecule has 0 aromatic heterocycles. The van der Waals surface area contributed by atoms with Crippen LogP contribution in [0.15, 0.2) is 53.6 Å². The maximum Gasteiger partial charge on any atom is 0.330 e. The van der Waals surface area contributed by atoms with Crippen LogP contribution in [0.2, 0.25) is 0 Å². The lowest BCUT2D eigenvalue weighted by molar-refractivity contribution is -0.133. The maximum absolute atomic E-state index is 11.0. The van der Waals surface area contributed by atoms with Gasteiger partial charge < -0.3 is 14.9 Å². The molecule has 0 aliphatic carbocycles. The second-order valence-corrected chi connectivity index (χ2v) is 5.34. The Morgan fingerprint density at radius 1 is 1.09 bits per heavy atom. The Kier molecular flexibility index (Phi) is 7.77. The second-order valence-electron chi connectivity index (χ2n) is 5.34. The van der Waals surface area contributed by atoms with Gasteiger partial charge in [-0.05, 0) is 25.8 Å². The van der Waals surface area contributed by atoms with E-state index in [4.69, 9.17) is 14.9 Å². The third-order valence-corrected chi connectivity index (χ3v) is 3.33. The topological polar surface area (TPSA) is 83.8 Å². The predicted octanol–water partition coefficient (Wildman–Crippen LogP) is 3.27. The molecule has 0 spiro atoms. The molecule has 0 amide bonds. The zero-order valence-corrected chi connectivity index (χ0v) is 13.4. The van der Waals surface area contributed by atoms with Crippen molar-refractivity contribution in [3.63, 3.8) is 0 Å². The van der Waals surface area contributed by atoms with E-state index < -0.39 is 11.9 Å². The quantitative estimate of drug-likeness (QED) is 0.683. The highest BCUT2D eigenvalue weighted by Gasteiger charge is 2.10. The summed E-state index contributed by atoms with van der Waals surface area (Å²) in [7, 11) is 0. The first kappa shape index (κ1) is 18.6. The van der Waals surface area contributed by atoms with E-state index in [0.29, 0.717) is 19.6 Å². The molecule has 5 heteroatoms. The van der Waals surface area contributed by atoms with Gasteiger partial charge in [0, 0.05) is 17.1 Å². The molecular formula is C18H22O5. The van der Waals surface area contributed by atoms with Crippen molar-refractivity contribution in [2.45, 2.75) is 26.9 Å². The third-order valence-electron chi connectivity index (χ3n) is 3.33. The minimum absolute atomic E-state index is 0.191. The molecule has 1 unspecified atom stereocenters. The van der Waals surface area contributed by atoms with Crippen molar-refractivity contribution in [3.8, 4) is 0 Å². The summed E-state index contributed by atoms with van der Waals surface area (Å²) in [6, 6.07) is 9.65. The Hall–Kier alpha value is -2.40. The number of rotatable bonds is 9. The average molecular weight is 318 g/mol. The summed E-state index contributed by atoms with van der Waals surface area (Å²) in [6.45, 7) is 3.78. The maximum atomic E-state index is 11.0. The standard InChI is InChI=1S/C18H22O5/c1-13(17(19)20)8-9-16(10-14(2)18(21)22)12-23-11-15-6-4-3-5-7-15/h3-8,10,16H,9,11-12H2,1-2H3,(H,19,20)(H,21,22). The van der Waals surface area contributed by atoms with Crippen LogP contribution in [0, 0.1) is 5.92 Å². The predicted molar refractivity (Wildman–Crippen MR) is 87.0 cm³/mol. The van der Waals surface area contributed by atoms with Crippen LogP contribution in [-0.2, 0) is 20.9 Å². The smallest absolute Gasteiger partial charge is 0.330 e. The number of carboxylic acids is 2. The highest BCUT2D eigenvalue weighted by molar-refractivity contribution is 5.86. The molecule has 0 bridgehead atoms. The summed E-state index contributed by atoms with van der Waals surface area (Å²) in [5.41, 5.74) is 1.49. The highest BCUT2D eigenvalue weighted by atomic mass is 16.5. The van der Waals surface area contributed by atoms with Crippen LogP contribution in [0.1, 0.15) is 25.8 Å². The summed E-state index contributed by atoms with van der Waals surface area (Å²) in [5, 5.41) is 17.9. The molecule has 5 nitrogen and oxygen atoms in total. The zero-order chi connectivity index (χ0) is 17.2. The molecule has 0 aliphatic rings. The van der Waals surface area contributed by atoms with Crippen LogP contribution in [-0.4, -0.2) is 28.8 Å². The number of allylic oxidation sites excluding steroid dienone is 1. The number of carbonyl (C=O) groups is 2. The molecule has 0 aliphatic heterocycles. The van der Waals surface area contributed by atoms with Crippen LogP contribution in [0.4, 0.5) is 0 Å². The van der Waals surface area contributed by atoms with Gasteiger partial charge in [-0.15, -0.1) is 0 Å². The molecule has 1 atom stereocenters. The molecule has 1 rings (SSSR count). The molecule has 2 N–H and O–H groups in total. The number of ether oxygens (including phenoxy) is 1. The lowest BCUT2D eigenvalue weighted by atomic mass is 10.0. The fourth-order valence-electron chi connectivity index (χ4n) is 1.93. The summed E-state index contributed by atoms with van der Waals surface area (Å²) in [4.78, 5) is 21.8. The van der Waals surface area contributed by atoms with Crippen LogP contribution < -0.4 is 0 Å². The van der Waals surface area contributed by atoms with Gasteiger partial charge in [-0.1, -0.05) is 42.5 Å². The number of benzene rings is 1. The molecule has 1 aromatic carbocycles. The van der Waals surface area contributed by atoms with Crippen LogP contribution in [0.25, 0.3) is 0 Å². The molecule has 0 fully saturated rings. The number of hydrogen-bond acceptors (Lipinski definition) is 3. The van der Waals surface area contributed by atoms with Gasteiger partial charge in [-0.25, -0.2) is 9.59 Å². The van der Waals surface area contributed by atoms with E-state index >= 15 is 0 Å². The average Bonchev–Trinajstić information content (AvgIpc) is 2.52. The molecule has 23 heavy (non-hydrogen) atoms. The molecule has 0 radical (unpaired) electrons. The Labute approximate surface area is 135 Å². The first-order valence-corrected chi connectivity index (χ1v) is 7.33. The SMILES string of the molecule is CC(=CCC(C=C(C)C(=O)O)COCc1ccccc1)C(=O)O. The lowest BCUT2D eigenvalue weighted by Gasteiger charge is -2.13. The number of aliphatic carboxylic acids is 2. The van der Waals surface area contributed by atoms with E-state index in [9.17, 15) is 9.59 Å². The molecule has 0 saturated heterocycles. The van der Waals surface area contributed by atoms with Gasteiger partial charge in [0.05, 0.1) is 13.2 Å². The van der Waals surface area contributed by atoms with Crippen molar-refractivity contribution in [1.82, 2.24) is 0 Å². The van der Waals surface area contributed by atoms with E-state index in [1.165, 1.54) is 13.8 Å². The van der Waals surface area contributed by atoms with E-state index in [-0.39, 0.29) is 17.1 Å². The van der Waals surface area contributed by atoms with E-state index in [2.05, 4.69) is 0 Å². The number of hydrogen-bond donors (Lipinski definition) is 2. The lowest BCUT2D eigenvalue weighted by Crippen LogP contribution is -2.10. The van der Waals surface area contributed by atoms with Crippen molar-refractivity contribution >= 4 is 11.9 Å². The van der Waals surface area contributed by atoms with Gasteiger partial charge >= 0.3 is 11.9 Å². The number of carboxylic acid groups (broad SMARTS) is 2. The third kappa shape index (κ3) is 7.42. The monoisotopic (exact) mass is 318 g/mol. The van der Waals surface area contributed by atoms with Gasteiger partial charge in [0.2, 0.25) is 0 Å². The van der Waals surface area contributed by atoms with Crippen LogP contribution in [0.3, 0.4) is 0 Å². The first-order valence-electron chi connectivity index (χ1n) is 7.33. The summed E-state index contributed by atoms with van der Waals surface area (Å²) < 4.78 is 5.64. The van der Waals surface area contributed by atoms with Gasteiger partial charge in [0.25, 0.3) is 0 Å². The Balaban J connectivity index is 2.67. The van der Waals surface area contributed by atoms with Gasteiger partial charge in [0.1, 0.15) is 0 Å². The van der Waals surface area contributed by atoms with Crippen molar-refractivity contribution in [2.24, 2.45) is 5.92 Å². The fourth-order valence-corrected chi connectivity index (χ4v) is 1.93. The van der Waals surface area contributed by atoms with E-state index in [0.717, 1.165) is 5.56 Å². The van der Waals surface area contributed by atoms with Crippen molar-refractivity contribution in [1.29, 1.82) is 0 Å². The summed E-state index contributed by atoms with van der Waals surface area (Å²) in [6.07, 6.45) is 3.61. The Morgan fingerprint density at radius 2 is 1.70 bits per heavy atom. The van der Waals surface area contributed by atoms with Crippen LogP contribution in [0.5, 0.6) is 0 Å². The minimum Gasteiger partial charge on any atom is -0.478 e. The van der Waals surface area contributed by atoms with Crippen molar-refractivity contribution < 1.29 is 24.5 Å². The first-order chi connectivity index (χ1) is 10.9.